The highest BCUT2D eigenvalue weighted by atomic mass is 32.1. The van der Waals surface area contributed by atoms with Crippen molar-refractivity contribution in [3.63, 3.8) is 0 Å². The lowest BCUT2D eigenvalue weighted by atomic mass is 10.2. The number of aliphatic hydroxyl groups excluding tert-OH is 1. The zero-order chi connectivity index (χ0) is 15.2. The summed E-state index contributed by atoms with van der Waals surface area (Å²) in [6.45, 7) is 0.0503. The molecule has 2 aromatic rings. The monoisotopic (exact) mass is 305 g/mol. The van der Waals surface area contributed by atoms with E-state index in [4.69, 9.17) is 10.2 Å². The van der Waals surface area contributed by atoms with Crippen LogP contribution in [0.2, 0.25) is 0 Å². The highest BCUT2D eigenvalue weighted by Crippen LogP contribution is 2.17. The van der Waals surface area contributed by atoms with Crippen molar-refractivity contribution in [2.75, 3.05) is 6.61 Å². The van der Waals surface area contributed by atoms with Crippen molar-refractivity contribution in [3.05, 3.63) is 51.5 Å². The zero-order valence-corrected chi connectivity index (χ0v) is 11.7. The van der Waals surface area contributed by atoms with Crippen molar-refractivity contribution in [2.45, 2.75) is 6.54 Å². The third-order valence-electron chi connectivity index (χ3n) is 2.57. The Balaban J connectivity index is 1.99. The van der Waals surface area contributed by atoms with E-state index in [0.717, 1.165) is 15.8 Å². The van der Waals surface area contributed by atoms with Crippen molar-refractivity contribution in [1.82, 2.24) is 5.32 Å². The van der Waals surface area contributed by atoms with Crippen LogP contribution in [-0.2, 0) is 6.54 Å². The molecule has 0 unspecified atom stereocenters. The number of hydrogen-bond acceptors (Lipinski definition) is 4. The van der Waals surface area contributed by atoms with E-state index in [0.29, 0.717) is 0 Å². The second kappa shape index (κ2) is 6.88. The Morgan fingerprint density at radius 3 is 2.86 bits per heavy atom. The molecule has 0 saturated heterocycles. The van der Waals surface area contributed by atoms with Gasteiger partial charge in [0.05, 0.1) is 17.0 Å². The molecular weight excluding hydrogens is 293 g/mol. The van der Waals surface area contributed by atoms with Crippen LogP contribution in [0.15, 0.2) is 30.3 Å². The molecule has 0 saturated carbocycles. The molecule has 0 aliphatic rings. The van der Waals surface area contributed by atoms with Gasteiger partial charge in [0.2, 0.25) is 0 Å². The van der Waals surface area contributed by atoms with Gasteiger partial charge in [-0.05, 0) is 24.3 Å². The maximum atomic E-state index is 13.5. The van der Waals surface area contributed by atoms with Crippen LogP contribution in [0.4, 0.5) is 4.39 Å². The molecule has 3 N–H and O–H groups in total. The van der Waals surface area contributed by atoms with Crippen LogP contribution in [0, 0.1) is 17.7 Å². The normalized spacial score (nSPS) is 9.81. The molecule has 6 heteroatoms. The minimum Gasteiger partial charge on any atom is -0.508 e. The number of thiophene rings is 1. The zero-order valence-electron chi connectivity index (χ0n) is 10.9. The molecule has 2 rings (SSSR count). The summed E-state index contributed by atoms with van der Waals surface area (Å²) in [5.74, 6) is 3.75. The molecule has 1 aromatic carbocycles. The van der Waals surface area contributed by atoms with E-state index >= 15 is 0 Å². The van der Waals surface area contributed by atoms with Gasteiger partial charge in [-0.15, -0.1) is 11.3 Å². The molecule has 0 fully saturated rings. The SMILES string of the molecule is O=C(NCc1ccc(C#CCO)s1)c1ccc(O)cc1F. The molecule has 1 aromatic heterocycles. The lowest BCUT2D eigenvalue weighted by molar-refractivity contribution is 0.0947. The van der Waals surface area contributed by atoms with E-state index in [-0.39, 0.29) is 24.5 Å². The Morgan fingerprint density at radius 2 is 2.14 bits per heavy atom. The number of benzene rings is 1. The van der Waals surface area contributed by atoms with Gasteiger partial charge >= 0.3 is 0 Å². The van der Waals surface area contributed by atoms with E-state index < -0.39 is 11.7 Å². The Bertz CT molecular complexity index is 715. The van der Waals surface area contributed by atoms with E-state index in [2.05, 4.69) is 17.2 Å². The Morgan fingerprint density at radius 1 is 1.33 bits per heavy atom. The lowest BCUT2D eigenvalue weighted by Crippen LogP contribution is -2.23. The summed E-state index contributed by atoms with van der Waals surface area (Å²) in [6.07, 6.45) is 0. The molecule has 0 spiro atoms. The summed E-state index contributed by atoms with van der Waals surface area (Å²) in [7, 11) is 0. The van der Waals surface area contributed by atoms with Crippen molar-refractivity contribution in [1.29, 1.82) is 0 Å². The molecule has 0 bridgehead atoms. The highest BCUT2D eigenvalue weighted by Gasteiger charge is 2.12. The summed E-state index contributed by atoms with van der Waals surface area (Å²) < 4.78 is 13.5. The fourth-order valence-electron chi connectivity index (χ4n) is 1.62. The van der Waals surface area contributed by atoms with Crippen LogP contribution in [0.1, 0.15) is 20.1 Å². The molecule has 0 aliphatic carbocycles. The number of hydrogen-bond donors (Lipinski definition) is 3. The first-order valence-electron chi connectivity index (χ1n) is 6.05. The number of aliphatic hydroxyl groups is 1. The number of carbonyl (C=O) groups excluding carboxylic acids is 1. The number of amides is 1. The Hall–Kier alpha value is -2.36. The summed E-state index contributed by atoms with van der Waals surface area (Å²) in [4.78, 5) is 13.5. The Kier molecular flexibility index (Phi) is 4.93. The van der Waals surface area contributed by atoms with Gasteiger partial charge in [0.25, 0.3) is 5.91 Å². The Labute approximate surface area is 124 Å². The molecule has 1 amide bonds. The van der Waals surface area contributed by atoms with Gasteiger partial charge in [0.15, 0.2) is 0 Å². The van der Waals surface area contributed by atoms with Crippen LogP contribution in [-0.4, -0.2) is 22.7 Å². The minimum absolute atomic E-state index is 0.121. The van der Waals surface area contributed by atoms with Crippen molar-refractivity contribution < 1.29 is 19.4 Å². The van der Waals surface area contributed by atoms with Crippen LogP contribution < -0.4 is 5.32 Å². The predicted molar refractivity (Wildman–Crippen MR) is 77.5 cm³/mol. The minimum atomic E-state index is -0.770. The molecule has 21 heavy (non-hydrogen) atoms. The summed E-state index contributed by atoms with van der Waals surface area (Å²) in [5, 5.41) is 20.3. The average molecular weight is 305 g/mol. The van der Waals surface area contributed by atoms with Gasteiger partial charge in [-0.3, -0.25) is 4.79 Å². The second-order valence-corrected chi connectivity index (χ2v) is 5.24. The molecular formula is C15H12FNO3S. The number of phenols is 1. The van der Waals surface area contributed by atoms with Crippen molar-refractivity contribution in [3.8, 4) is 17.6 Å². The molecule has 1 heterocycles. The second-order valence-electron chi connectivity index (χ2n) is 4.07. The summed E-state index contributed by atoms with van der Waals surface area (Å²) >= 11 is 1.38. The topological polar surface area (TPSA) is 69.6 Å². The first-order chi connectivity index (χ1) is 10.1. The average Bonchev–Trinajstić information content (AvgIpc) is 2.90. The number of aromatic hydroxyl groups is 1. The third-order valence-corrected chi connectivity index (χ3v) is 3.57. The lowest BCUT2D eigenvalue weighted by Gasteiger charge is -2.05. The van der Waals surface area contributed by atoms with Gasteiger partial charge in [0, 0.05) is 10.9 Å². The van der Waals surface area contributed by atoms with Crippen LogP contribution in [0.25, 0.3) is 0 Å². The van der Waals surface area contributed by atoms with Gasteiger partial charge in [-0.1, -0.05) is 11.8 Å². The number of halogens is 1. The fraction of sp³-hybridized carbons (Fsp3) is 0.133. The van der Waals surface area contributed by atoms with E-state index in [9.17, 15) is 9.18 Å². The number of rotatable bonds is 3. The maximum Gasteiger partial charge on any atom is 0.254 e. The molecule has 108 valence electrons. The number of carbonyl (C=O) groups is 1. The van der Waals surface area contributed by atoms with Crippen LogP contribution in [0.3, 0.4) is 0 Å². The number of nitrogens with one attached hydrogen (secondary N) is 1. The van der Waals surface area contributed by atoms with E-state index in [1.165, 1.54) is 23.5 Å². The third kappa shape index (κ3) is 4.05. The van der Waals surface area contributed by atoms with Crippen LogP contribution in [0.5, 0.6) is 5.75 Å². The smallest absolute Gasteiger partial charge is 0.254 e. The largest absolute Gasteiger partial charge is 0.508 e. The van der Waals surface area contributed by atoms with Gasteiger partial charge in [0.1, 0.15) is 18.2 Å². The molecule has 0 radical (unpaired) electrons. The van der Waals surface area contributed by atoms with Gasteiger partial charge in [-0.2, -0.15) is 0 Å². The molecule has 0 atom stereocenters. The molecule has 4 nitrogen and oxygen atoms in total. The van der Waals surface area contributed by atoms with Crippen LogP contribution >= 0.6 is 11.3 Å². The first kappa shape index (κ1) is 15.0. The first-order valence-corrected chi connectivity index (χ1v) is 6.87. The summed E-state index contributed by atoms with van der Waals surface area (Å²) in [6, 6.07) is 6.97. The standard InChI is InChI=1S/C15H12FNO3S/c16-14-8-10(19)3-6-13(14)15(20)17-9-12-5-4-11(21-12)2-1-7-18/h3-6,8,18-19H,7,9H2,(H,17,20). The quantitative estimate of drug-likeness (QED) is 0.758. The fourth-order valence-corrected chi connectivity index (χ4v) is 2.44. The number of phenolic OH excluding ortho intramolecular Hbond substituents is 1. The van der Waals surface area contributed by atoms with Crippen molar-refractivity contribution in [2.24, 2.45) is 0 Å². The summed E-state index contributed by atoms with van der Waals surface area (Å²) in [5.41, 5.74) is -0.121. The van der Waals surface area contributed by atoms with Crippen molar-refractivity contribution >= 4 is 17.2 Å². The van der Waals surface area contributed by atoms with E-state index in [1.807, 2.05) is 0 Å². The maximum absolute atomic E-state index is 13.5. The predicted octanol–water partition coefficient (Wildman–Crippen LogP) is 1.87. The van der Waals surface area contributed by atoms with Gasteiger partial charge < -0.3 is 15.5 Å². The molecule has 0 aliphatic heterocycles. The van der Waals surface area contributed by atoms with Gasteiger partial charge in [-0.25, -0.2) is 4.39 Å². The van der Waals surface area contributed by atoms with E-state index in [1.54, 1.807) is 12.1 Å². The highest BCUT2D eigenvalue weighted by molar-refractivity contribution is 7.12.